The molecule has 2 aromatic rings. The van der Waals surface area contributed by atoms with Gasteiger partial charge in [0.05, 0.1) is 0 Å². The lowest BCUT2D eigenvalue weighted by Gasteiger charge is -2.21. The number of aromatic nitrogens is 1. The third-order valence-electron chi connectivity index (χ3n) is 3.39. The molecule has 3 nitrogen and oxygen atoms in total. The summed E-state index contributed by atoms with van der Waals surface area (Å²) in [6, 6.07) is 12.7. The molecule has 112 valence electrons. The van der Waals surface area contributed by atoms with Gasteiger partial charge >= 0.3 is 0 Å². The zero-order valence-electron chi connectivity index (χ0n) is 12.7. The van der Waals surface area contributed by atoms with Gasteiger partial charge in [0.1, 0.15) is 5.82 Å². The van der Waals surface area contributed by atoms with E-state index < -0.39 is 0 Å². The van der Waals surface area contributed by atoms with Crippen LogP contribution in [0, 0.1) is 6.92 Å². The highest BCUT2D eigenvalue weighted by molar-refractivity contribution is 7.99. The van der Waals surface area contributed by atoms with Gasteiger partial charge in [-0.25, -0.2) is 4.98 Å². The van der Waals surface area contributed by atoms with Gasteiger partial charge in [0.2, 0.25) is 0 Å². The van der Waals surface area contributed by atoms with Crippen molar-refractivity contribution in [2.45, 2.75) is 31.2 Å². The van der Waals surface area contributed by atoms with E-state index in [0.29, 0.717) is 5.82 Å². The van der Waals surface area contributed by atoms with E-state index in [0.717, 1.165) is 24.3 Å². The second kappa shape index (κ2) is 8.05. The topological polar surface area (TPSA) is 50.9 Å². The average Bonchev–Trinajstić information content (AvgIpc) is 2.50. The van der Waals surface area contributed by atoms with Gasteiger partial charge in [0.25, 0.3) is 0 Å². The number of nitrogens with two attached hydrogens (primary N) is 1. The number of rotatable bonds is 7. The molecule has 0 aliphatic carbocycles. The summed E-state index contributed by atoms with van der Waals surface area (Å²) in [6.45, 7) is 5.25. The predicted octanol–water partition coefficient (Wildman–Crippen LogP) is 3.81. The fraction of sp³-hybridized carbons (Fsp3) is 0.353. The smallest absolute Gasteiger partial charge is 0.128 e. The van der Waals surface area contributed by atoms with E-state index in [2.05, 4.69) is 48.4 Å². The highest BCUT2D eigenvalue weighted by atomic mass is 32.2. The van der Waals surface area contributed by atoms with Gasteiger partial charge in [-0.05, 0) is 43.7 Å². The van der Waals surface area contributed by atoms with Crippen LogP contribution in [-0.2, 0) is 0 Å². The fourth-order valence-electron chi connectivity index (χ4n) is 2.30. The molecule has 0 radical (unpaired) electrons. The van der Waals surface area contributed by atoms with Crippen LogP contribution in [-0.4, -0.2) is 17.3 Å². The molecular weight excluding hydrogens is 278 g/mol. The molecule has 1 aromatic carbocycles. The standard InChI is InChI=1S/C17H23N3S/c1-3-10-19-15(12-21-14-7-5-4-6-8-14)16-13(2)9-11-20-17(16)18/h4-9,11,15,19H,3,10,12H2,1-2H3,(H2,18,20). The van der Waals surface area contributed by atoms with E-state index in [1.165, 1.54) is 10.5 Å². The molecule has 0 saturated heterocycles. The molecule has 0 bridgehead atoms. The van der Waals surface area contributed by atoms with Gasteiger partial charge < -0.3 is 11.1 Å². The van der Waals surface area contributed by atoms with Crippen molar-refractivity contribution in [3.05, 3.63) is 53.7 Å². The summed E-state index contributed by atoms with van der Waals surface area (Å²) in [5.41, 5.74) is 8.44. The molecular formula is C17H23N3S. The van der Waals surface area contributed by atoms with E-state index in [-0.39, 0.29) is 6.04 Å². The zero-order chi connectivity index (χ0) is 15.1. The maximum Gasteiger partial charge on any atom is 0.128 e. The van der Waals surface area contributed by atoms with Gasteiger partial charge in [-0.15, -0.1) is 11.8 Å². The predicted molar refractivity (Wildman–Crippen MR) is 91.6 cm³/mol. The van der Waals surface area contributed by atoms with Crippen LogP contribution in [0.15, 0.2) is 47.5 Å². The van der Waals surface area contributed by atoms with Crippen molar-refractivity contribution in [3.8, 4) is 0 Å². The molecule has 0 saturated carbocycles. The molecule has 1 unspecified atom stereocenters. The van der Waals surface area contributed by atoms with Crippen molar-refractivity contribution < 1.29 is 0 Å². The molecule has 21 heavy (non-hydrogen) atoms. The summed E-state index contributed by atoms with van der Waals surface area (Å²) < 4.78 is 0. The van der Waals surface area contributed by atoms with Crippen LogP contribution in [0.4, 0.5) is 5.82 Å². The van der Waals surface area contributed by atoms with Crippen molar-refractivity contribution >= 4 is 17.6 Å². The van der Waals surface area contributed by atoms with E-state index in [1.807, 2.05) is 23.9 Å². The number of thioether (sulfide) groups is 1. The molecule has 3 N–H and O–H groups in total. The average molecular weight is 301 g/mol. The molecule has 1 aromatic heterocycles. The fourth-order valence-corrected chi connectivity index (χ4v) is 3.30. The first-order chi connectivity index (χ1) is 10.2. The molecule has 1 atom stereocenters. The molecule has 0 aliphatic rings. The number of pyridine rings is 1. The highest BCUT2D eigenvalue weighted by Crippen LogP contribution is 2.28. The molecule has 0 fully saturated rings. The van der Waals surface area contributed by atoms with Gasteiger partial charge in [0, 0.05) is 28.5 Å². The van der Waals surface area contributed by atoms with Crippen LogP contribution in [0.25, 0.3) is 0 Å². The van der Waals surface area contributed by atoms with Crippen molar-refractivity contribution in [1.82, 2.24) is 10.3 Å². The molecule has 4 heteroatoms. The molecule has 0 amide bonds. The summed E-state index contributed by atoms with van der Waals surface area (Å²) in [5.74, 6) is 1.58. The Hall–Kier alpha value is -1.52. The van der Waals surface area contributed by atoms with Crippen LogP contribution < -0.4 is 11.1 Å². The second-order valence-corrected chi connectivity index (χ2v) is 6.15. The van der Waals surface area contributed by atoms with Gasteiger partial charge in [0.15, 0.2) is 0 Å². The number of aryl methyl sites for hydroxylation is 1. The summed E-state index contributed by atoms with van der Waals surface area (Å²) in [4.78, 5) is 5.53. The monoisotopic (exact) mass is 301 g/mol. The number of hydrogen-bond acceptors (Lipinski definition) is 4. The highest BCUT2D eigenvalue weighted by Gasteiger charge is 2.17. The molecule has 2 rings (SSSR count). The third kappa shape index (κ3) is 4.48. The Morgan fingerprint density at radius 3 is 2.67 bits per heavy atom. The summed E-state index contributed by atoms with van der Waals surface area (Å²) >= 11 is 1.85. The van der Waals surface area contributed by atoms with Crippen molar-refractivity contribution in [2.24, 2.45) is 0 Å². The largest absolute Gasteiger partial charge is 0.383 e. The summed E-state index contributed by atoms with van der Waals surface area (Å²) in [5, 5.41) is 3.60. The maximum absolute atomic E-state index is 6.10. The lowest BCUT2D eigenvalue weighted by molar-refractivity contribution is 0.575. The summed E-state index contributed by atoms with van der Waals surface area (Å²) in [7, 11) is 0. The van der Waals surface area contributed by atoms with Crippen molar-refractivity contribution in [2.75, 3.05) is 18.0 Å². The van der Waals surface area contributed by atoms with Crippen molar-refractivity contribution in [1.29, 1.82) is 0 Å². The Morgan fingerprint density at radius 1 is 1.24 bits per heavy atom. The Kier molecular flexibility index (Phi) is 6.08. The number of nitrogen functional groups attached to an aromatic ring is 1. The molecule has 0 spiro atoms. The number of nitrogens with zero attached hydrogens (tertiary/aromatic N) is 1. The second-order valence-electron chi connectivity index (χ2n) is 5.06. The third-order valence-corrected chi connectivity index (χ3v) is 4.49. The van der Waals surface area contributed by atoms with Crippen LogP contribution in [0.2, 0.25) is 0 Å². The van der Waals surface area contributed by atoms with Crippen LogP contribution in [0.3, 0.4) is 0 Å². The van der Waals surface area contributed by atoms with E-state index >= 15 is 0 Å². The number of nitrogens with one attached hydrogen (secondary N) is 1. The van der Waals surface area contributed by atoms with E-state index in [9.17, 15) is 0 Å². The number of benzene rings is 1. The number of hydrogen-bond donors (Lipinski definition) is 2. The number of anilines is 1. The SMILES string of the molecule is CCCNC(CSc1ccccc1)c1c(C)ccnc1N. The van der Waals surface area contributed by atoms with Gasteiger partial charge in [-0.3, -0.25) is 0 Å². The van der Waals surface area contributed by atoms with Gasteiger partial charge in [-0.1, -0.05) is 25.1 Å². The lowest BCUT2D eigenvalue weighted by atomic mass is 10.0. The first kappa shape index (κ1) is 15.9. The van der Waals surface area contributed by atoms with Crippen LogP contribution >= 0.6 is 11.8 Å². The zero-order valence-corrected chi connectivity index (χ0v) is 13.5. The quantitative estimate of drug-likeness (QED) is 0.764. The Labute approximate surface area is 131 Å². The lowest BCUT2D eigenvalue weighted by Crippen LogP contribution is -2.26. The van der Waals surface area contributed by atoms with E-state index in [1.54, 1.807) is 6.20 Å². The Balaban J connectivity index is 2.14. The molecule has 0 aliphatic heterocycles. The normalized spacial score (nSPS) is 12.3. The minimum absolute atomic E-state index is 0.226. The Morgan fingerprint density at radius 2 is 2.00 bits per heavy atom. The Bertz CT molecular complexity index is 537. The minimum Gasteiger partial charge on any atom is -0.383 e. The summed E-state index contributed by atoms with van der Waals surface area (Å²) in [6.07, 6.45) is 2.88. The first-order valence-electron chi connectivity index (χ1n) is 7.34. The first-order valence-corrected chi connectivity index (χ1v) is 8.33. The molecule has 1 heterocycles. The van der Waals surface area contributed by atoms with Gasteiger partial charge in [-0.2, -0.15) is 0 Å². The van der Waals surface area contributed by atoms with Crippen molar-refractivity contribution in [3.63, 3.8) is 0 Å². The minimum atomic E-state index is 0.226. The van der Waals surface area contributed by atoms with Crippen LogP contribution in [0.1, 0.15) is 30.5 Å². The maximum atomic E-state index is 6.10. The van der Waals surface area contributed by atoms with E-state index in [4.69, 9.17) is 5.73 Å². The van der Waals surface area contributed by atoms with Crippen LogP contribution in [0.5, 0.6) is 0 Å².